The summed E-state index contributed by atoms with van der Waals surface area (Å²) in [5, 5.41) is 9.02. The Morgan fingerprint density at radius 3 is 2.32 bits per heavy atom. The fraction of sp³-hybridized carbons (Fsp3) is 0.227. The van der Waals surface area contributed by atoms with Crippen LogP contribution >= 0.6 is 0 Å². The van der Waals surface area contributed by atoms with Gasteiger partial charge in [0.1, 0.15) is 23.9 Å². The van der Waals surface area contributed by atoms with E-state index in [1.807, 2.05) is 36.4 Å². The molecule has 5 nitrogen and oxygen atoms in total. The van der Waals surface area contributed by atoms with Crippen LogP contribution in [-0.4, -0.2) is 29.4 Å². The van der Waals surface area contributed by atoms with Crippen LogP contribution in [0.1, 0.15) is 12.1 Å². The predicted octanol–water partition coefficient (Wildman–Crippen LogP) is 4.40. The maximum atomic E-state index is 13.0. The van der Waals surface area contributed by atoms with Gasteiger partial charge in [0.25, 0.3) is 0 Å². The van der Waals surface area contributed by atoms with E-state index < -0.39 is 5.97 Å². The van der Waals surface area contributed by atoms with Gasteiger partial charge in [-0.25, -0.2) is 4.39 Å². The van der Waals surface area contributed by atoms with Gasteiger partial charge in [0.05, 0.1) is 20.1 Å². The number of benzene rings is 2. The Labute approximate surface area is 163 Å². The minimum absolute atomic E-state index is 0.0604. The second kappa shape index (κ2) is 9.08. The highest BCUT2D eigenvalue weighted by Gasteiger charge is 2.12. The van der Waals surface area contributed by atoms with Gasteiger partial charge in [0.2, 0.25) is 0 Å². The molecule has 0 radical (unpaired) electrons. The Balaban J connectivity index is 1.79. The maximum Gasteiger partial charge on any atom is 0.303 e. The van der Waals surface area contributed by atoms with Crippen molar-refractivity contribution in [2.75, 3.05) is 13.7 Å². The molecule has 0 amide bonds. The number of carboxylic acid groups (broad SMARTS) is 1. The van der Waals surface area contributed by atoms with Crippen LogP contribution in [0.5, 0.6) is 11.5 Å². The number of methoxy groups -OCH3 is 1. The van der Waals surface area contributed by atoms with E-state index in [1.165, 1.54) is 12.1 Å². The van der Waals surface area contributed by atoms with Gasteiger partial charge in [-0.15, -0.1) is 0 Å². The molecule has 0 bridgehead atoms. The van der Waals surface area contributed by atoms with E-state index in [-0.39, 0.29) is 12.2 Å². The molecule has 1 N–H and O–H groups in total. The fourth-order valence-electron chi connectivity index (χ4n) is 3.03. The number of carbonyl (C=O) groups is 1. The van der Waals surface area contributed by atoms with E-state index in [4.69, 9.17) is 14.6 Å². The number of aryl methyl sites for hydroxylation is 1. The van der Waals surface area contributed by atoms with Crippen LogP contribution in [0, 0.1) is 5.82 Å². The number of halogens is 1. The van der Waals surface area contributed by atoms with Gasteiger partial charge in [-0.3, -0.25) is 4.79 Å². The summed E-state index contributed by atoms with van der Waals surface area (Å²) in [6.07, 6.45) is 0.493. The second-order valence-electron chi connectivity index (χ2n) is 6.29. The predicted molar refractivity (Wildman–Crippen MR) is 104 cm³/mol. The van der Waals surface area contributed by atoms with Crippen LogP contribution in [0.4, 0.5) is 4.39 Å². The van der Waals surface area contributed by atoms with Crippen molar-refractivity contribution in [2.24, 2.45) is 0 Å². The molecule has 28 heavy (non-hydrogen) atoms. The summed E-state index contributed by atoms with van der Waals surface area (Å²) in [4.78, 5) is 11.0. The molecule has 0 unspecified atom stereocenters. The molecule has 2 aromatic carbocycles. The van der Waals surface area contributed by atoms with Crippen molar-refractivity contribution < 1.29 is 23.8 Å². The Morgan fingerprint density at radius 2 is 1.68 bits per heavy atom. The van der Waals surface area contributed by atoms with E-state index >= 15 is 0 Å². The van der Waals surface area contributed by atoms with E-state index in [1.54, 1.807) is 19.2 Å². The van der Waals surface area contributed by atoms with Gasteiger partial charge in [-0.1, -0.05) is 0 Å². The summed E-state index contributed by atoms with van der Waals surface area (Å²) in [6, 6.07) is 17.5. The number of ether oxygens (including phenoxy) is 2. The average Bonchev–Trinajstić information content (AvgIpc) is 3.11. The molecular weight excluding hydrogens is 361 g/mol. The van der Waals surface area contributed by atoms with Crippen LogP contribution in [0.15, 0.2) is 60.7 Å². The number of aliphatic carboxylic acids is 1. The molecule has 0 aliphatic heterocycles. The molecule has 6 heteroatoms. The summed E-state index contributed by atoms with van der Waals surface area (Å²) in [7, 11) is 1.62. The van der Waals surface area contributed by atoms with Crippen LogP contribution in [-0.2, 0) is 17.8 Å². The Kier molecular flexibility index (Phi) is 6.32. The lowest BCUT2D eigenvalue weighted by molar-refractivity contribution is -0.136. The van der Waals surface area contributed by atoms with Crippen molar-refractivity contribution in [2.45, 2.75) is 19.4 Å². The van der Waals surface area contributed by atoms with Gasteiger partial charge >= 0.3 is 5.97 Å². The smallest absolute Gasteiger partial charge is 0.303 e. The van der Waals surface area contributed by atoms with Crippen LogP contribution in [0.2, 0.25) is 0 Å². The zero-order chi connectivity index (χ0) is 19.9. The Morgan fingerprint density at radius 1 is 1.00 bits per heavy atom. The van der Waals surface area contributed by atoms with Gasteiger partial charge < -0.3 is 19.1 Å². The van der Waals surface area contributed by atoms with Gasteiger partial charge in [0.15, 0.2) is 0 Å². The number of carboxylic acids is 1. The molecular formula is C22H22FNO4. The van der Waals surface area contributed by atoms with E-state index in [0.717, 1.165) is 22.7 Å². The summed E-state index contributed by atoms with van der Waals surface area (Å²) in [6.45, 7) is 0.921. The van der Waals surface area contributed by atoms with Crippen molar-refractivity contribution in [3.63, 3.8) is 0 Å². The van der Waals surface area contributed by atoms with Crippen molar-refractivity contribution in [1.29, 1.82) is 0 Å². The minimum atomic E-state index is -0.832. The first-order valence-corrected chi connectivity index (χ1v) is 9.00. The molecule has 0 saturated carbocycles. The second-order valence-corrected chi connectivity index (χ2v) is 6.29. The van der Waals surface area contributed by atoms with Gasteiger partial charge in [-0.05, 0) is 72.6 Å². The third kappa shape index (κ3) is 4.91. The van der Waals surface area contributed by atoms with Gasteiger partial charge in [-0.2, -0.15) is 0 Å². The van der Waals surface area contributed by atoms with E-state index in [2.05, 4.69) is 4.57 Å². The standard InChI is InChI=1S/C22H22FNO4/c1-27-19-8-2-16(3-9-19)21-12-6-18(7-13-22(25)26)24(21)14-15-28-20-10-4-17(23)5-11-20/h2-6,8-12H,7,13-15H2,1H3,(H,25,26). The van der Waals surface area contributed by atoms with Crippen molar-refractivity contribution in [1.82, 2.24) is 4.57 Å². The van der Waals surface area contributed by atoms with E-state index in [9.17, 15) is 9.18 Å². The molecule has 0 aliphatic rings. The lowest BCUT2D eigenvalue weighted by atomic mass is 10.1. The third-order valence-corrected chi connectivity index (χ3v) is 4.45. The van der Waals surface area contributed by atoms with E-state index in [0.29, 0.717) is 25.3 Å². The average molecular weight is 383 g/mol. The lowest BCUT2D eigenvalue weighted by Crippen LogP contribution is -2.13. The highest BCUT2D eigenvalue weighted by Crippen LogP contribution is 2.26. The van der Waals surface area contributed by atoms with Crippen LogP contribution in [0.25, 0.3) is 11.3 Å². The van der Waals surface area contributed by atoms with Crippen molar-refractivity contribution in [3.8, 4) is 22.8 Å². The minimum Gasteiger partial charge on any atom is -0.497 e. The Bertz CT molecular complexity index is 917. The molecule has 3 rings (SSSR count). The normalized spacial score (nSPS) is 10.6. The molecule has 0 spiro atoms. The zero-order valence-electron chi connectivity index (χ0n) is 15.6. The summed E-state index contributed by atoms with van der Waals surface area (Å²) < 4.78 is 26.0. The number of hydrogen-bond donors (Lipinski definition) is 1. The van der Waals surface area contributed by atoms with Crippen molar-refractivity contribution in [3.05, 3.63) is 72.2 Å². The monoisotopic (exact) mass is 383 g/mol. The maximum absolute atomic E-state index is 13.0. The first kappa shape index (κ1) is 19.5. The molecule has 0 saturated heterocycles. The van der Waals surface area contributed by atoms with Crippen LogP contribution < -0.4 is 9.47 Å². The van der Waals surface area contributed by atoms with Crippen molar-refractivity contribution >= 4 is 5.97 Å². The molecule has 0 fully saturated rings. The first-order valence-electron chi connectivity index (χ1n) is 9.00. The molecule has 0 aliphatic carbocycles. The van der Waals surface area contributed by atoms with Gasteiger partial charge in [0, 0.05) is 11.4 Å². The lowest BCUT2D eigenvalue weighted by Gasteiger charge is -2.15. The number of hydrogen-bond acceptors (Lipinski definition) is 3. The molecule has 1 heterocycles. The zero-order valence-corrected chi connectivity index (χ0v) is 15.6. The number of aromatic nitrogens is 1. The topological polar surface area (TPSA) is 60.7 Å². The highest BCUT2D eigenvalue weighted by molar-refractivity contribution is 5.67. The molecule has 146 valence electrons. The molecule has 0 atom stereocenters. The number of rotatable bonds is 9. The molecule has 3 aromatic rings. The fourth-order valence-corrected chi connectivity index (χ4v) is 3.03. The molecule has 1 aromatic heterocycles. The summed E-state index contributed by atoms with van der Waals surface area (Å²) in [5.74, 6) is 0.219. The summed E-state index contributed by atoms with van der Waals surface area (Å²) >= 11 is 0. The number of nitrogens with zero attached hydrogens (tertiary/aromatic N) is 1. The van der Waals surface area contributed by atoms with Crippen LogP contribution in [0.3, 0.4) is 0 Å². The Hall–Kier alpha value is -3.28. The SMILES string of the molecule is COc1ccc(-c2ccc(CCC(=O)O)n2CCOc2ccc(F)cc2)cc1. The summed E-state index contributed by atoms with van der Waals surface area (Å²) in [5.41, 5.74) is 2.91. The quantitative estimate of drug-likeness (QED) is 0.595. The largest absolute Gasteiger partial charge is 0.497 e. The third-order valence-electron chi connectivity index (χ3n) is 4.45. The first-order chi connectivity index (χ1) is 13.6. The highest BCUT2D eigenvalue weighted by atomic mass is 19.1.